The molecule has 1 saturated heterocycles. The van der Waals surface area contributed by atoms with Crippen LogP contribution in [0.3, 0.4) is 0 Å². The molecule has 1 aromatic heterocycles. The second-order valence-electron chi connectivity index (χ2n) is 4.18. The van der Waals surface area contributed by atoms with Crippen LogP contribution in [0.5, 0.6) is 0 Å². The molecule has 78 valence electrons. The van der Waals surface area contributed by atoms with Gasteiger partial charge < -0.3 is 5.32 Å². The van der Waals surface area contributed by atoms with Crippen LogP contribution in [0.2, 0.25) is 0 Å². The first-order valence-corrected chi connectivity index (χ1v) is 5.55. The fourth-order valence-electron chi connectivity index (χ4n) is 2.11. The van der Waals surface area contributed by atoms with E-state index in [2.05, 4.69) is 28.1 Å². The van der Waals surface area contributed by atoms with Crippen LogP contribution in [0, 0.1) is 12.8 Å². The van der Waals surface area contributed by atoms with Gasteiger partial charge >= 0.3 is 0 Å². The Kier molecular flexibility index (Phi) is 3.19. The normalized spacial score (nSPS) is 18.6. The van der Waals surface area contributed by atoms with Crippen molar-refractivity contribution >= 4 is 0 Å². The second-order valence-corrected chi connectivity index (χ2v) is 4.18. The number of rotatable bonds is 3. The predicted octanol–water partition coefficient (Wildman–Crippen LogP) is 1.58. The molecule has 0 unspecified atom stereocenters. The first-order valence-electron chi connectivity index (χ1n) is 5.55. The van der Waals surface area contributed by atoms with Crippen molar-refractivity contribution < 1.29 is 0 Å². The van der Waals surface area contributed by atoms with Crippen LogP contribution in [-0.2, 0) is 6.54 Å². The van der Waals surface area contributed by atoms with E-state index in [4.69, 9.17) is 0 Å². The van der Waals surface area contributed by atoms with Crippen LogP contribution in [0.4, 0.5) is 0 Å². The van der Waals surface area contributed by atoms with Crippen LogP contribution in [0.15, 0.2) is 12.3 Å². The topological polar surface area (TPSA) is 29.9 Å². The fourth-order valence-corrected chi connectivity index (χ4v) is 2.11. The molecule has 1 aliphatic heterocycles. The molecule has 2 rings (SSSR count). The Morgan fingerprint density at radius 2 is 2.29 bits per heavy atom. The van der Waals surface area contributed by atoms with Gasteiger partial charge in [0.1, 0.15) is 0 Å². The van der Waals surface area contributed by atoms with E-state index in [0.29, 0.717) is 0 Å². The maximum absolute atomic E-state index is 4.30. The number of nitrogens with zero attached hydrogens (tertiary/aromatic N) is 2. The van der Waals surface area contributed by atoms with Crippen LogP contribution >= 0.6 is 0 Å². The molecule has 0 amide bonds. The van der Waals surface area contributed by atoms with E-state index in [0.717, 1.165) is 12.5 Å². The zero-order valence-corrected chi connectivity index (χ0v) is 8.87. The third-order valence-corrected chi connectivity index (χ3v) is 3.14. The smallest absolute Gasteiger partial charge is 0.0492 e. The molecule has 0 atom stereocenters. The summed E-state index contributed by atoms with van der Waals surface area (Å²) < 4.78 is 2.11. The van der Waals surface area contributed by atoms with Gasteiger partial charge in [0.05, 0.1) is 0 Å². The summed E-state index contributed by atoms with van der Waals surface area (Å²) in [5.74, 6) is 0.903. The molecule has 3 heteroatoms. The quantitative estimate of drug-likeness (QED) is 0.790. The Morgan fingerprint density at radius 1 is 1.50 bits per heavy atom. The lowest BCUT2D eigenvalue weighted by Gasteiger charge is -2.22. The molecular formula is C11H19N3. The number of hydrogen-bond acceptors (Lipinski definition) is 2. The summed E-state index contributed by atoms with van der Waals surface area (Å²) in [7, 11) is 0. The molecule has 1 fully saturated rings. The summed E-state index contributed by atoms with van der Waals surface area (Å²) >= 11 is 0. The maximum atomic E-state index is 4.30. The van der Waals surface area contributed by atoms with Gasteiger partial charge in [-0.2, -0.15) is 5.10 Å². The van der Waals surface area contributed by atoms with Crippen LogP contribution in [0.25, 0.3) is 0 Å². The third kappa shape index (κ3) is 2.35. The van der Waals surface area contributed by atoms with Crippen LogP contribution in [-0.4, -0.2) is 22.9 Å². The van der Waals surface area contributed by atoms with E-state index < -0.39 is 0 Å². The van der Waals surface area contributed by atoms with Crippen molar-refractivity contribution in [3.05, 3.63) is 18.0 Å². The second kappa shape index (κ2) is 4.60. The van der Waals surface area contributed by atoms with E-state index in [-0.39, 0.29) is 0 Å². The first-order chi connectivity index (χ1) is 6.86. The standard InChI is InChI=1S/C11H19N3/c1-10-2-8-13-14(10)9-5-11-3-6-12-7-4-11/h2,8,11-12H,3-7,9H2,1H3. The number of aryl methyl sites for hydroxylation is 2. The number of nitrogens with one attached hydrogen (secondary N) is 1. The lowest BCUT2D eigenvalue weighted by atomic mass is 9.95. The molecule has 1 aliphatic rings. The summed E-state index contributed by atoms with van der Waals surface area (Å²) in [5, 5.41) is 7.70. The maximum Gasteiger partial charge on any atom is 0.0492 e. The predicted molar refractivity (Wildman–Crippen MR) is 57.2 cm³/mol. The summed E-state index contributed by atoms with van der Waals surface area (Å²) in [6.45, 7) is 5.60. The Labute approximate surface area is 85.5 Å². The fraction of sp³-hybridized carbons (Fsp3) is 0.727. The van der Waals surface area contributed by atoms with Gasteiger partial charge in [-0.15, -0.1) is 0 Å². The van der Waals surface area contributed by atoms with Gasteiger partial charge in [0, 0.05) is 18.4 Å². The van der Waals surface area contributed by atoms with Gasteiger partial charge in [-0.1, -0.05) is 0 Å². The average molecular weight is 193 g/mol. The first kappa shape index (κ1) is 9.71. The van der Waals surface area contributed by atoms with Crippen molar-refractivity contribution in [2.24, 2.45) is 5.92 Å². The zero-order chi connectivity index (χ0) is 9.80. The molecule has 0 aliphatic carbocycles. The van der Waals surface area contributed by atoms with E-state index >= 15 is 0 Å². The molecule has 14 heavy (non-hydrogen) atoms. The highest BCUT2D eigenvalue weighted by molar-refractivity contribution is 4.96. The molecule has 1 N–H and O–H groups in total. The highest BCUT2D eigenvalue weighted by atomic mass is 15.3. The van der Waals surface area contributed by atoms with Crippen LogP contribution < -0.4 is 5.32 Å². The molecule has 1 aromatic rings. The Bertz CT molecular complexity index is 274. The molecule has 0 saturated carbocycles. The van der Waals surface area contributed by atoms with Crippen molar-refractivity contribution in [2.45, 2.75) is 32.7 Å². The van der Waals surface area contributed by atoms with Crippen molar-refractivity contribution in [3.8, 4) is 0 Å². The van der Waals surface area contributed by atoms with Crippen molar-refractivity contribution in [1.82, 2.24) is 15.1 Å². The van der Waals surface area contributed by atoms with E-state index in [1.807, 2.05) is 6.20 Å². The van der Waals surface area contributed by atoms with Gasteiger partial charge in [-0.25, -0.2) is 0 Å². The lowest BCUT2D eigenvalue weighted by molar-refractivity contribution is 0.331. The highest BCUT2D eigenvalue weighted by Crippen LogP contribution is 2.16. The summed E-state index contributed by atoms with van der Waals surface area (Å²) in [5.41, 5.74) is 1.28. The summed E-state index contributed by atoms with van der Waals surface area (Å²) in [6, 6.07) is 2.07. The minimum Gasteiger partial charge on any atom is -0.317 e. The highest BCUT2D eigenvalue weighted by Gasteiger charge is 2.12. The Morgan fingerprint density at radius 3 is 2.93 bits per heavy atom. The van der Waals surface area contributed by atoms with E-state index in [9.17, 15) is 0 Å². The molecular weight excluding hydrogens is 174 g/mol. The zero-order valence-electron chi connectivity index (χ0n) is 8.87. The third-order valence-electron chi connectivity index (χ3n) is 3.14. The minimum atomic E-state index is 0.903. The SMILES string of the molecule is Cc1ccnn1CCC1CCNCC1. The molecule has 0 radical (unpaired) electrons. The largest absolute Gasteiger partial charge is 0.317 e. The molecule has 2 heterocycles. The Hall–Kier alpha value is -0.830. The molecule has 3 nitrogen and oxygen atoms in total. The van der Waals surface area contributed by atoms with Gasteiger partial charge in [-0.3, -0.25) is 4.68 Å². The summed E-state index contributed by atoms with van der Waals surface area (Å²) in [4.78, 5) is 0. The summed E-state index contributed by atoms with van der Waals surface area (Å²) in [6.07, 6.45) is 5.84. The van der Waals surface area contributed by atoms with Gasteiger partial charge in [0.2, 0.25) is 0 Å². The number of piperidine rings is 1. The van der Waals surface area contributed by atoms with Gasteiger partial charge in [0.25, 0.3) is 0 Å². The monoisotopic (exact) mass is 193 g/mol. The van der Waals surface area contributed by atoms with Gasteiger partial charge in [-0.05, 0) is 51.3 Å². The van der Waals surface area contributed by atoms with Gasteiger partial charge in [0.15, 0.2) is 0 Å². The number of hydrogen-bond donors (Lipinski definition) is 1. The van der Waals surface area contributed by atoms with Crippen LogP contribution in [0.1, 0.15) is 25.0 Å². The minimum absolute atomic E-state index is 0.903. The molecule has 0 aromatic carbocycles. The van der Waals surface area contributed by atoms with Crippen molar-refractivity contribution in [3.63, 3.8) is 0 Å². The van der Waals surface area contributed by atoms with Crippen molar-refractivity contribution in [1.29, 1.82) is 0 Å². The molecule has 0 bridgehead atoms. The number of aromatic nitrogens is 2. The lowest BCUT2D eigenvalue weighted by Crippen LogP contribution is -2.28. The average Bonchev–Trinajstić information content (AvgIpc) is 2.63. The van der Waals surface area contributed by atoms with E-state index in [1.165, 1.54) is 38.0 Å². The van der Waals surface area contributed by atoms with E-state index in [1.54, 1.807) is 0 Å². The molecule has 0 spiro atoms. The Balaban J connectivity index is 1.79. The van der Waals surface area contributed by atoms with Crippen molar-refractivity contribution in [2.75, 3.05) is 13.1 Å².